The number of nitrogens with one attached hydrogen (secondary N) is 1. The first kappa shape index (κ1) is 24.3. The largest absolute Gasteiger partial charge is 0.463 e. The van der Waals surface area contributed by atoms with Crippen LogP contribution in [0.3, 0.4) is 0 Å². The molecule has 0 radical (unpaired) electrons. The second-order valence-electron chi connectivity index (χ2n) is 6.60. The second kappa shape index (κ2) is 12.0. The Morgan fingerprint density at radius 1 is 1.13 bits per heavy atom. The van der Waals surface area contributed by atoms with E-state index < -0.39 is 26.9 Å². The van der Waals surface area contributed by atoms with E-state index in [-0.39, 0.29) is 18.1 Å². The molecule has 0 aliphatic rings. The van der Waals surface area contributed by atoms with E-state index in [9.17, 15) is 13.2 Å². The Hall–Kier alpha value is -2.00. The average molecular weight is 496 g/mol. The van der Waals surface area contributed by atoms with Crippen molar-refractivity contribution in [2.45, 2.75) is 36.2 Å². The molecule has 162 valence electrons. The number of hydrogen-bond acceptors (Lipinski definition) is 5. The summed E-state index contributed by atoms with van der Waals surface area (Å²) in [6.07, 6.45) is 2.82. The lowest BCUT2D eigenvalue weighted by Crippen LogP contribution is -2.43. The van der Waals surface area contributed by atoms with Crippen LogP contribution < -0.4 is 4.72 Å². The van der Waals surface area contributed by atoms with Crippen molar-refractivity contribution in [2.75, 3.05) is 13.2 Å². The van der Waals surface area contributed by atoms with Crippen LogP contribution in [0.4, 0.5) is 0 Å². The van der Waals surface area contributed by atoms with Crippen LogP contribution in [0.25, 0.3) is 0 Å². The number of hydrogen-bond donors (Lipinski definition) is 1. The van der Waals surface area contributed by atoms with Gasteiger partial charge in [0.15, 0.2) is 0 Å². The van der Waals surface area contributed by atoms with Crippen LogP contribution >= 0.6 is 15.9 Å². The molecular formula is C22H26BrNO5S. The molecule has 0 bridgehead atoms. The van der Waals surface area contributed by atoms with Gasteiger partial charge in [0.05, 0.1) is 35.6 Å². The Kier molecular flexibility index (Phi) is 9.71. The number of aryl methyl sites for hydroxylation is 1. The Labute approximate surface area is 186 Å². The first-order chi connectivity index (χ1) is 14.3. The maximum absolute atomic E-state index is 12.8. The van der Waals surface area contributed by atoms with Gasteiger partial charge in [0.1, 0.15) is 0 Å². The fourth-order valence-corrected chi connectivity index (χ4v) is 4.40. The SMILES string of the molecule is CCOC(=O)/C=C/[C@H](Br)[C@@H](COCc1ccccc1)NS(=O)(=O)c1ccc(C)cc1. The number of esters is 1. The minimum Gasteiger partial charge on any atom is -0.463 e. The molecule has 0 spiro atoms. The van der Waals surface area contributed by atoms with Gasteiger partial charge in [-0.05, 0) is 31.5 Å². The third kappa shape index (κ3) is 8.02. The molecule has 8 heteroatoms. The molecule has 0 aromatic heterocycles. The Bertz CT molecular complexity index is 930. The third-order valence-electron chi connectivity index (χ3n) is 4.13. The molecule has 0 fully saturated rings. The fourth-order valence-electron chi connectivity index (χ4n) is 2.55. The van der Waals surface area contributed by atoms with Gasteiger partial charge in [0.2, 0.25) is 10.0 Å². The van der Waals surface area contributed by atoms with Crippen LogP contribution in [0.1, 0.15) is 18.1 Å². The molecule has 1 N–H and O–H groups in total. The molecule has 30 heavy (non-hydrogen) atoms. The van der Waals surface area contributed by atoms with Crippen molar-refractivity contribution in [3.63, 3.8) is 0 Å². The van der Waals surface area contributed by atoms with Gasteiger partial charge in [-0.25, -0.2) is 17.9 Å². The number of halogens is 1. The molecule has 2 aromatic rings. The summed E-state index contributed by atoms with van der Waals surface area (Å²) in [6, 6.07) is 15.5. The summed E-state index contributed by atoms with van der Waals surface area (Å²) in [4.78, 5) is 11.3. The van der Waals surface area contributed by atoms with Crippen molar-refractivity contribution in [3.8, 4) is 0 Å². The van der Waals surface area contributed by atoms with E-state index in [1.165, 1.54) is 6.08 Å². The molecule has 0 unspecified atom stereocenters. The zero-order valence-electron chi connectivity index (χ0n) is 17.0. The summed E-state index contributed by atoms with van der Waals surface area (Å²) in [5.74, 6) is -0.493. The van der Waals surface area contributed by atoms with E-state index >= 15 is 0 Å². The molecule has 2 aromatic carbocycles. The zero-order valence-corrected chi connectivity index (χ0v) is 19.4. The number of carbonyl (C=O) groups excluding carboxylic acids is 1. The predicted molar refractivity (Wildman–Crippen MR) is 120 cm³/mol. The van der Waals surface area contributed by atoms with Gasteiger partial charge in [0.25, 0.3) is 0 Å². The van der Waals surface area contributed by atoms with E-state index in [0.29, 0.717) is 6.61 Å². The third-order valence-corrected chi connectivity index (χ3v) is 6.58. The highest BCUT2D eigenvalue weighted by Crippen LogP contribution is 2.16. The number of sulfonamides is 1. The van der Waals surface area contributed by atoms with Gasteiger partial charge in [-0.15, -0.1) is 0 Å². The summed E-state index contributed by atoms with van der Waals surface area (Å²) in [6.45, 7) is 4.31. The molecule has 0 saturated heterocycles. The van der Waals surface area contributed by atoms with Crippen LogP contribution in [-0.4, -0.2) is 38.5 Å². The van der Waals surface area contributed by atoms with Crippen molar-refractivity contribution in [2.24, 2.45) is 0 Å². The summed E-state index contributed by atoms with van der Waals surface area (Å²) >= 11 is 3.45. The van der Waals surface area contributed by atoms with E-state index in [2.05, 4.69) is 20.7 Å². The van der Waals surface area contributed by atoms with Crippen molar-refractivity contribution in [1.82, 2.24) is 4.72 Å². The van der Waals surface area contributed by atoms with Gasteiger partial charge in [-0.3, -0.25) is 0 Å². The number of rotatable bonds is 11. The summed E-state index contributed by atoms with van der Waals surface area (Å²) in [7, 11) is -3.78. The van der Waals surface area contributed by atoms with E-state index in [4.69, 9.17) is 9.47 Å². The number of ether oxygens (including phenoxy) is 2. The lowest BCUT2D eigenvalue weighted by molar-refractivity contribution is -0.137. The van der Waals surface area contributed by atoms with Crippen molar-refractivity contribution < 1.29 is 22.7 Å². The van der Waals surface area contributed by atoms with Gasteiger partial charge in [-0.1, -0.05) is 70.0 Å². The van der Waals surface area contributed by atoms with Gasteiger partial charge >= 0.3 is 5.97 Å². The standard InChI is InChI=1S/C22H26BrNO5S/c1-3-29-22(25)14-13-20(23)21(16-28-15-18-7-5-4-6-8-18)24-30(26,27)19-11-9-17(2)10-12-19/h4-14,20-21,24H,3,15-16H2,1-2H3/b14-13+/t20-,21+/m0/s1. The second-order valence-corrected chi connectivity index (χ2v) is 9.37. The lowest BCUT2D eigenvalue weighted by atomic mass is 10.2. The molecule has 2 atom stereocenters. The summed E-state index contributed by atoms with van der Waals surface area (Å²) in [5.41, 5.74) is 1.94. The maximum Gasteiger partial charge on any atom is 0.330 e. The molecule has 6 nitrogen and oxygen atoms in total. The molecule has 2 rings (SSSR count). The van der Waals surface area contributed by atoms with E-state index in [0.717, 1.165) is 11.1 Å². The molecule has 0 amide bonds. The minimum absolute atomic E-state index is 0.100. The van der Waals surface area contributed by atoms with E-state index in [1.807, 2.05) is 37.3 Å². The van der Waals surface area contributed by atoms with E-state index in [1.54, 1.807) is 37.3 Å². The first-order valence-electron chi connectivity index (χ1n) is 9.51. The van der Waals surface area contributed by atoms with Gasteiger partial charge in [0, 0.05) is 6.08 Å². The van der Waals surface area contributed by atoms with Crippen molar-refractivity contribution in [1.29, 1.82) is 0 Å². The van der Waals surface area contributed by atoms with Crippen LogP contribution in [0.5, 0.6) is 0 Å². The quantitative estimate of drug-likeness (QED) is 0.291. The van der Waals surface area contributed by atoms with Gasteiger partial charge < -0.3 is 9.47 Å². The molecule has 0 saturated carbocycles. The van der Waals surface area contributed by atoms with Crippen LogP contribution in [0.2, 0.25) is 0 Å². The highest BCUT2D eigenvalue weighted by molar-refractivity contribution is 9.09. The number of carbonyl (C=O) groups is 1. The summed E-state index contributed by atoms with van der Waals surface area (Å²) in [5, 5.41) is 0. The van der Waals surface area contributed by atoms with Gasteiger partial charge in [-0.2, -0.15) is 0 Å². The first-order valence-corrected chi connectivity index (χ1v) is 11.9. The number of benzene rings is 2. The van der Waals surface area contributed by atoms with Crippen LogP contribution in [0, 0.1) is 6.92 Å². The van der Waals surface area contributed by atoms with Crippen LogP contribution in [-0.2, 0) is 30.9 Å². The topological polar surface area (TPSA) is 81.7 Å². The maximum atomic E-state index is 12.8. The monoisotopic (exact) mass is 495 g/mol. The molecule has 0 heterocycles. The van der Waals surface area contributed by atoms with Crippen molar-refractivity contribution in [3.05, 3.63) is 77.9 Å². The normalized spacial score (nSPS) is 13.8. The lowest BCUT2D eigenvalue weighted by Gasteiger charge is -2.22. The predicted octanol–water partition coefficient (Wildman–Crippen LogP) is 3.74. The highest BCUT2D eigenvalue weighted by atomic mass is 79.9. The smallest absolute Gasteiger partial charge is 0.330 e. The Morgan fingerprint density at radius 2 is 1.80 bits per heavy atom. The van der Waals surface area contributed by atoms with Crippen LogP contribution in [0.15, 0.2) is 71.6 Å². The summed E-state index contributed by atoms with van der Waals surface area (Å²) < 4.78 is 39.0. The highest BCUT2D eigenvalue weighted by Gasteiger charge is 2.25. The molecular weight excluding hydrogens is 470 g/mol. The molecule has 0 aliphatic heterocycles. The Balaban J connectivity index is 2.12. The zero-order chi connectivity index (χ0) is 22.0. The fraction of sp³-hybridized carbons (Fsp3) is 0.318. The van der Waals surface area contributed by atoms with Crippen molar-refractivity contribution >= 4 is 31.9 Å². The Morgan fingerprint density at radius 3 is 2.43 bits per heavy atom. The number of alkyl halides is 1. The molecule has 0 aliphatic carbocycles. The minimum atomic E-state index is -3.78. The average Bonchev–Trinajstić information content (AvgIpc) is 2.72.